The molecule has 2 aromatic rings. The summed E-state index contributed by atoms with van der Waals surface area (Å²) in [5, 5.41) is 12.2. The molecule has 0 aliphatic carbocycles. The molecule has 1 spiro atoms. The van der Waals surface area contributed by atoms with Crippen LogP contribution in [0.5, 0.6) is 5.75 Å². The van der Waals surface area contributed by atoms with Crippen molar-refractivity contribution in [1.29, 1.82) is 0 Å². The van der Waals surface area contributed by atoms with E-state index in [0.717, 1.165) is 37.2 Å². The summed E-state index contributed by atoms with van der Waals surface area (Å²) in [6.45, 7) is 4.79. The van der Waals surface area contributed by atoms with Gasteiger partial charge in [0.1, 0.15) is 5.75 Å². The summed E-state index contributed by atoms with van der Waals surface area (Å²) in [6, 6.07) is 3.70. The molecule has 8 nitrogen and oxygen atoms in total. The fraction of sp³-hybridized carbons (Fsp3) is 0.500. The Bertz CT molecular complexity index is 819. The number of aromatic nitrogens is 3. The molecule has 4 rings (SSSR count). The number of benzene rings is 1. The Balaban J connectivity index is 1.49. The van der Waals surface area contributed by atoms with Crippen molar-refractivity contribution in [2.75, 3.05) is 43.6 Å². The minimum atomic E-state index is -0.423. The fourth-order valence-corrected chi connectivity index (χ4v) is 3.54. The number of halogens is 1. The van der Waals surface area contributed by atoms with Crippen LogP contribution in [-0.4, -0.2) is 54.4 Å². The number of aryl methyl sites for hydroxylation is 1. The number of nitrogens with zero attached hydrogens (tertiary/aromatic N) is 4. The highest BCUT2D eigenvalue weighted by Gasteiger charge is 2.40. The van der Waals surface area contributed by atoms with Crippen LogP contribution in [0.3, 0.4) is 0 Å². The van der Waals surface area contributed by atoms with Crippen molar-refractivity contribution in [2.45, 2.75) is 25.6 Å². The molecule has 1 aromatic carbocycles. The van der Waals surface area contributed by atoms with Crippen molar-refractivity contribution < 1.29 is 14.2 Å². The molecule has 9 heteroatoms. The van der Waals surface area contributed by atoms with Gasteiger partial charge in [0, 0.05) is 37.0 Å². The molecular weight excluding hydrogens is 370 g/mol. The highest BCUT2D eigenvalue weighted by Crippen LogP contribution is 2.34. The zero-order chi connectivity index (χ0) is 18.9. The van der Waals surface area contributed by atoms with Gasteiger partial charge in [0.05, 0.1) is 32.2 Å². The quantitative estimate of drug-likeness (QED) is 0.851. The van der Waals surface area contributed by atoms with Crippen LogP contribution in [0, 0.1) is 6.92 Å². The molecule has 0 saturated carbocycles. The Morgan fingerprint density at radius 2 is 1.96 bits per heavy atom. The van der Waals surface area contributed by atoms with E-state index >= 15 is 0 Å². The summed E-state index contributed by atoms with van der Waals surface area (Å²) in [5.41, 5.74) is 1.72. The van der Waals surface area contributed by atoms with Crippen LogP contribution in [0.15, 0.2) is 18.3 Å². The van der Waals surface area contributed by atoms with Crippen molar-refractivity contribution in [2.24, 2.45) is 0 Å². The zero-order valence-corrected chi connectivity index (χ0v) is 16.1. The number of rotatable bonds is 4. The molecule has 0 unspecified atom stereocenters. The van der Waals surface area contributed by atoms with Gasteiger partial charge in [0.2, 0.25) is 5.95 Å². The molecule has 0 atom stereocenters. The summed E-state index contributed by atoms with van der Waals surface area (Å²) >= 11 is 6.17. The van der Waals surface area contributed by atoms with Crippen molar-refractivity contribution in [3.63, 3.8) is 0 Å². The number of piperidine rings is 1. The van der Waals surface area contributed by atoms with Crippen molar-refractivity contribution in [3.05, 3.63) is 28.9 Å². The molecular formula is C18H22ClN5O3. The molecule has 1 N–H and O–H groups in total. The lowest BCUT2D eigenvalue weighted by molar-refractivity contribution is -0.169. The largest absolute Gasteiger partial charge is 0.495 e. The smallest absolute Gasteiger partial charge is 0.247 e. The van der Waals surface area contributed by atoms with Gasteiger partial charge in [-0.2, -0.15) is 10.1 Å². The maximum atomic E-state index is 6.17. The molecule has 1 aromatic heterocycles. The standard InChI is InChI=1S/C18H22ClN5O3/c1-12-9-14(15(25-2)10-13(12)19)21-16-11-20-23-17(22-16)24-5-3-18(4-6-24)26-7-8-27-18/h9-11H,3-8H2,1-2H3,(H,21,22,23). The van der Waals surface area contributed by atoms with Gasteiger partial charge in [-0.1, -0.05) is 11.6 Å². The molecule has 2 aliphatic rings. The average molecular weight is 392 g/mol. The molecule has 144 valence electrons. The Labute approximate surface area is 162 Å². The SMILES string of the molecule is COc1cc(Cl)c(C)cc1Nc1cnnc(N2CCC3(CC2)OCCO3)n1. The summed E-state index contributed by atoms with van der Waals surface area (Å²) in [5.74, 6) is 1.39. The first-order chi connectivity index (χ1) is 13.1. The molecule has 3 heterocycles. The van der Waals surface area contributed by atoms with E-state index < -0.39 is 5.79 Å². The van der Waals surface area contributed by atoms with E-state index in [1.165, 1.54) is 0 Å². The number of anilines is 3. The first kappa shape index (κ1) is 18.2. The van der Waals surface area contributed by atoms with E-state index in [2.05, 4.69) is 25.4 Å². The van der Waals surface area contributed by atoms with Crippen LogP contribution < -0.4 is 15.0 Å². The van der Waals surface area contributed by atoms with Gasteiger partial charge in [-0.05, 0) is 18.6 Å². The molecule has 27 heavy (non-hydrogen) atoms. The Morgan fingerprint density at radius 1 is 1.22 bits per heavy atom. The lowest BCUT2D eigenvalue weighted by atomic mass is 10.0. The first-order valence-corrected chi connectivity index (χ1v) is 9.30. The molecule has 0 amide bonds. The normalized spacial score (nSPS) is 18.7. The second-order valence-electron chi connectivity index (χ2n) is 6.66. The van der Waals surface area contributed by atoms with Crippen LogP contribution in [0.2, 0.25) is 5.02 Å². The van der Waals surface area contributed by atoms with E-state index in [-0.39, 0.29) is 0 Å². The highest BCUT2D eigenvalue weighted by molar-refractivity contribution is 6.31. The predicted octanol–water partition coefficient (Wildman–Crippen LogP) is 2.93. The van der Waals surface area contributed by atoms with Gasteiger partial charge in [0.25, 0.3) is 0 Å². The molecule has 2 fully saturated rings. The number of methoxy groups -OCH3 is 1. The van der Waals surface area contributed by atoms with E-state index in [1.807, 2.05) is 13.0 Å². The Hall–Kier alpha value is -2.16. The van der Waals surface area contributed by atoms with Crippen molar-refractivity contribution in [1.82, 2.24) is 15.2 Å². The summed E-state index contributed by atoms with van der Waals surface area (Å²) in [6.07, 6.45) is 3.16. The maximum absolute atomic E-state index is 6.17. The lowest BCUT2D eigenvalue weighted by Crippen LogP contribution is -2.45. The maximum Gasteiger partial charge on any atom is 0.247 e. The number of ether oxygens (including phenoxy) is 3. The van der Waals surface area contributed by atoms with Gasteiger partial charge in [-0.15, -0.1) is 5.10 Å². The van der Waals surface area contributed by atoms with Gasteiger partial charge in [-0.25, -0.2) is 0 Å². The third-order valence-corrected chi connectivity index (χ3v) is 5.32. The Kier molecular flexibility index (Phi) is 5.03. The summed E-state index contributed by atoms with van der Waals surface area (Å²) < 4.78 is 16.9. The predicted molar refractivity (Wildman–Crippen MR) is 102 cm³/mol. The summed E-state index contributed by atoms with van der Waals surface area (Å²) in [4.78, 5) is 6.70. The van der Waals surface area contributed by atoms with Gasteiger partial charge < -0.3 is 24.4 Å². The lowest BCUT2D eigenvalue weighted by Gasteiger charge is -2.37. The fourth-order valence-electron chi connectivity index (χ4n) is 3.39. The summed E-state index contributed by atoms with van der Waals surface area (Å²) in [7, 11) is 1.60. The van der Waals surface area contributed by atoms with Gasteiger partial charge >= 0.3 is 0 Å². The zero-order valence-electron chi connectivity index (χ0n) is 15.4. The number of nitrogens with one attached hydrogen (secondary N) is 1. The van der Waals surface area contributed by atoms with Crippen LogP contribution in [0.4, 0.5) is 17.5 Å². The van der Waals surface area contributed by atoms with Crippen LogP contribution in [-0.2, 0) is 9.47 Å². The molecule has 0 bridgehead atoms. The Morgan fingerprint density at radius 3 is 2.67 bits per heavy atom. The van der Waals surface area contributed by atoms with Crippen LogP contribution >= 0.6 is 11.6 Å². The minimum Gasteiger partial charge on any atom is -0.495 e. The highest BCUT2D eigenvalue weighted by atomic mass is 35.5. The van der Waals surface area contributed by atoms with Crippen LogP contribution in [0.25, 0.3) is 0 Å². The second-order valence-corrected chi connectivity index (χ2v) is 7.07. The van der Waals surface area contributed by atoms with Crippen LogP contribution in [0.1, 0.15) is 18.4 Å². The monoisotopic (exact) mass is 391 g/mol. The molecule has 0 radical (unpaired) electrons. The molecule has 2 saturated heterocycles. The second kappa shape index (κ2) is 7.46. The number of hydrogen-bond donors (Lipinski definition) is 1. The van der Waals surface area contributed by atoms with E-state index in [9.17, 15) is 0 Å². The third kappa shape index (κ3) is 3.78. The van der Waals surface area contributed by atoms with E-state index in [4.69, 9.17) is 25.8 Å². The minimum absolute atomic E-state index is 0.423. The van der Waals surface area contributed by atoms with E-state index in [0.29, 0.717) is 35.8 Å². The van der Waals surface area contributed by atoms with Gasteiger partial charge in [0.15, 0.2) is 11.6 Å². The topological polar surface area (TPSA) is 81.6 Å². The van der Waals surface area contributed by atoms with Gasteiger partial charge in [-0.3, -0.25) is 0 Å². The van der Waals surface area contributed by atoms with E-state index in [1.54, 1.807) is 19.4 Å². The van der Waals surface area contributed by atoms with Crippen molar-refractivity contribution >= 4 is 29.1 Å². The first-order valence-electron chi connectivity index (χ1n) is 8.92. The number of hydrogen-bond acceptors (Lipinski definition) is 8. The molecule has 2 aliphatic heterocycles. The third-order valence-electron chi connectivity index (χ3n) is 4.91. The average Bonchev–Trinajstić information content (AvgIpc) is 3.13. The van der Waals surface area contributed by atoms with Crippen molar-refractivity contribution in [3.8, 4) is 5.75 Å².